The predicted molar refractivity (Wildman–Crippen MR) is 121 cm³/mol. The molecular formula is C26H29N3O3. The summed E-state index contributed by atoms with van der Waals surface area (Å²) < 4.78 is 5.35. The highest BCUT2D eigenvalue weighted by atomic mass is 16.5. The van der Waals surface area contributed by atoms with Crippen molar-refractivity contribution >= 4 is 17.5 Å². The highest BCUT2D eigenvalue weighted by Crippen LogP contribution is 2.52. The molecule has 2 heterocycles. The summed E-state index contributed by atoms with van der Waals surface area (Å²) in [6.07, 6.45) is 4.63. The number of benzene rings is 2. The second-order valence-corrected chi connectivity index (χ2v) is 9.82. The number of ether oxygens (including phenoxy) is 1. The third kappa shape index (κ3) is 2.99. The Morgan fingerprint density at radius 2 is 2.00 bits per heavy atom. The van der Waals surface area contributed by atoms with E-state index in [1.807, 2.05) is 30.3 Å². The minimum atomic E-state index is -0.420. The Balaban J connectivity index is 1.20. The fourth-order valence-electron chi connectivity index (χ4n) is 6.52. The zero-order valence-electron chi connectivity index (χ0n) is 18.4. The van der Waals surface area contributed by atoms with Crippen LogP contribution in [-0.4, -0.2) is 36.0 Å². The molecule has 3 unspecified atom stereocenters. The number of hydrogen-bond acceptors (Lipinski definition) is 4. The van der Waals surface area contributed by atoms with Crippen LogP contribution in [0.2, 0.25) is 0 Å². The fraction of sp³-hybridized carbons (Fsp3) is 0.462. The van der Waals surface area contributed by atoms with Gasteiger partial charge in [0.2, 0.25) is 5.91 Å². The molecule has 7 rings (SSSR count). The van der Waals surface area contributed by atoms with Gasteiger partial charge < -0.3 is 20.3 Å². The van der Waals surface area contributed by atoms with Gasteiger partial charge in [-0.15, -0.1) is 0 Å². The van der Waals surface area contributed by atoms with Gasteiger partial charge in [-0.05, 0) is 73.4 Å². The molecule has 2 aliphatic heterocycles. The SMILES string of the molecule is COc1ccc2c(c1)CCN(C(=O)C1CC3CCC1C[C@]31NC(=O)c3ccccc3N1)C2. The molecule has 2 aromatic rings. The van der Waals surface area contributed by atoms with Gasteiger partial charge in [-0.1, -0.05) is 18.2 Å². The third-order valence-electron chi connectivity index (χ3n) is 8.20. The smallest absolute Gasteiger partial charge is 0.255 e. The molecule has 1 spiro atoms. The number of para-hydroxylation sites is 1. The van der Waals surface area contributed by atoms with Crippen molar-refractivity contribution in [3.63, 3.8) is 0 Å². The molecular weight excluding hydrogens is 402 g/mol. The average Bonchev–Trinajstić information content (AvgIpc) is 2.83. The zero-order valence-corrected chi connectivity index (χ0v) is 18.4. The Morgan fingerprint density at radius 3 is 2.81 bits per heavy atom. The zero-order chi connectivity index (χ0) is 21.9. The molecule has 4 atom stereocenters. The van der Waals surface area contributed by atoms with Crippen molar-refractivity contribution in [2.24, 2.45) is 17.8 Å². The molecule has 5 aliphatic rings. The normalized spacial score (nSPS) is 30.2. The van der Waals surface area contributed by atoms with Crippen molar-refractivity contribution in [1.82, 2.24) is 10.2 Å². The first kappa shape index (κ1) is 19.6. The number of nitrogens with zero attached hydrogens (tertiary/aromatic N) is 1. The lowest BCUT2D eigenvalue weighted by molar-refractivity contribution is -0.144. The molecule has 2 aromatic carbocycles. The van der Waals surface area contributed by atoms with Crippen LogP contribution in [0.3, 0.4) is 0 Å². The van der Waals surface area contributed by atoms with Crippen LogP contribution in [0.5, 0.6) is 5.75 Å². The first-order valence-electron chi connectivity index (χ1n) is 11.7. The van der Waals surface area contributed by atoms with Gasteiger partial charge in [0.1, 0.15) is 11.4 Å². The molecule has 3 saturated carbocycles. The molecule has 0 radical (unpaired) electrons. The summed E-state index contributed by atoms with van der Waals surface area (Å²) in [5.41, 5.74) is 3.70. The average molecular weight is 432 g/mol. The Labute approximate surface area is 188 Å². The summed E-state index contributed by atoms with van der Waals surface area (Å²) in [5.74, 6) is 1.77. The number of nitrogens with one attached hydrogen (secondary N) is 2. The van der Waals surface area contributed by atoms with Crippen LogP contribution in [0.25, 0.3) is 0 Å². The van der Waals surface area contributed by atoms with E-state index in [-0.39, 0.29) is 17.7 Å². The standard InChI is InChI=1S/C26H29N3O3/c1-32-20-9-7-18-15-29(11-10-16(18)12-20)25(31)22-13-19-8-6-17(22)14-26(19)27-23-5-3-2-4-21(23)24(30)28-26/h2-5,7,9,12,17,19,22,27H,6,8,10-11,13-15H2,1H3,(H,28,30)/t17?,19?,22?,26-/m0/s1. The second kappa shape index (κ2) is 7.26. The first-order chi connectivity index (χ1) is 15.6. The van der Waals surface area contributed by atoms with Gasteiger partial charge in [0, 0.05) is 30.6 Å². The molecule has 3 fully saturated rings. The predicted octanol–water partition coefficient (Wildman–Crippen LogP) is 3.57. The van der Waals surface area contributed by atoms with E-state index in [1.165, 1.54) is 11.1 Å². The van der Waals surface area contributed by atoms with Crippen LogP contribution < -0.4 is 15.4 Å². The van der Waals surface area contributed by atoms with Gasteiger partial charge in [-0.25, -0.2) is 0 Å². The minimum absolute atomic E-state index is 0.00200. The molecule has 6 heteroatoms. The highest BCUT2D eigenvalue weighted by Gasteiger charge is 2.55. The molecule has 32 heavy (non-hydrogen) atoms. The molecule has 0 aromatic heterocycles. The van der Waals surface area contributed by atoms with Crippen molar-refractivity contribution in [2.45, 2.75) is 44.3 Å². The van der Waals surface area contributed by atoms with Crippen LogP contribution in [0.15, 0.2) is 42.5 Å². The van der Waals surface area contributed by atoms with Crippen LogP contribution >= 0.6 is 0 Å². The van der Waals surface area contributed by atoms with Gasteiger partial charge in [0.05, 0.1) is 12.7 Å². The third-order valence-corrected chi connectivity index (χ3v) is 8.20. The number of anilines is 1. The number of amides is 2. The van der Waals surface area contributed by atoms with E-state index in [2.05, 4.69) is 27.7 Å². The van der Waals surface area contributed by atoms with Gasteiger partial charge in [-0.2, -0.15) is 0 Å². The first-order valence-corrected chi connectivity index (χ1v) is 11.7. The minimum Gasteiger partial charge on any atom is -0.497 e. The van der Waals surface area contributed by atoms with E-state index in [0.29, 0.717) is 23.9 Å². The van der Waals surface area contributed by atoms with E-state index in [0.717, 1.165) is 50.1 Å². The number of carbonyl (C=O) groups is 2. The van der Waals surface area contributed by atoms with E-state index in [4.69, 9.17) is 4.74 Å². The maximum atomic E-state index is 13.6. The highest BCUT2D eigenvalue weighted by molar-refractivity contribution is 6.02. The Morgan fingerprint density at radius 1 is 1.12 bits per heavy atom. The molecule has 0 saturated heterocycles. The van der Waals surface area contributed by atoms with Crippen molar-refractivity contribution in [1.29, 1.82) is 0 Å². The van der Waals surface area contributed by atoms with E-state index < -0.39 is 5.66 Å². The molecule has 166 valence electrons. The molecule has 2 bridgehead atoms. The topological polar surface area (TPSA) is 70.7 Å². The molecule has 2 amide bonds. The maximum absolute atomic E-state index is 13.6. The Bertz CT molecular complexity index is 1100. The van der Waals surface area contributed by atoms with Crippen LogP contribution in [0, 0.1) is 17.8 Å². The van der Waals surface area contributed by atoms with Gasteiger partial charge in [-0.3, -0.25) is 9.59 Å². The summed E-state index contributed by atoms with van der Waals surface area (Å²) >= 11 is 0. The summed E-state index contributed by atoms with van der Waals surface area (Å²) in [6, 6.07) is 13.9. The van der Waals surface area contributed by atoms with Crippen LogP contribution in [0.4, 0.5) is 5.69 Å². The maximum Gasteiger partial charge on any atom is 0.255 e. The summed E-state index contributed by atoms with van der Waals surface area (Å²) in [5, 5.41) is 6.96. The van der Waals surface area contributed by atoms with Crippen molar-refractivity contribution in [3.8, 4) is 5.75 Å². The fourth-order valence-corrected chi connectivity index (χ4v) is 6.52. The Kier molecular flexibility index (Phi) is 4.46. The number of rotatable bonds is 2. The van der Waals surface area contributed by atoms with Crippen molar-refractivity contribution in [3.05, 3.63) is 59.2 Å². The van der Waals surface area contributed by atoms with Crippen LogP contribution in [-0.2, 0) is 17.8 Å². The number of hydrogen-bond donors (Lipinski definition) is 2. The summed E-state index contributed by atoms with van der Waals surface area (Å²) in [6.45, 7) is 1.44. The van der Waals surface area contributed by atoms with Crippen LogP contribution in [0.1, 0.15) is 47.2 Å². The monoisotopic (exact) mass is 431 g/mol. The van der Waals surface area contributed by atoms with E-state index in [9.17, 15) is 9.59 Å². The molecule has 6 nitrogen and oxygen atoms in total. The van der Waals surface area contributed by atoms with Crippen molar-refractivity contribution < 1.29 is 14.3 Å². The lowest BCUT2D eigenvalue weighted by Gasteiger charge is -2.56. The second-order valence-electron chi connectivity index (χ2n) is 9.82. The van der Waals surface area contributed by atoms with E-state index >= 15 is 0 Å². The quantitative estimate of drug-likeness (QED) is 0.763. The molecule has 3 aliphatic carbocycles. The number of carbonyl (C=O) groups excluding carboxylic acids is 2. The lowest BCUT2D eigenvalue weighted by Crippen LogP contribution is -2.68. The lowest BCUT2D eigenvalue weighted by atomic mass is 9.58. The molecule has 2 N–H and O–H groups in total. The summed E-state index contributed by atoms with van der Waals surface area (Å²) in [4.78, 5) is 28.5. The Hall–Kier alpha value is -3.02. The summed E-state index contributed by atoms with van der Waals surface area (Å²) in [7, 11) is 1.69. The number of fused-ring (bicyclic) bond motifs is 4. The van der Waals surface area contributed by atoms with E-state index in [1.54, 1.807) is 7.11 Å². The van der Waals surface area contributed by atoms with Gasteiger partial charge in [0.25, 0.3) is 5.91 Å². The van der Waals surface area contributed by atoms with Crippen molar-refractivity contribution in [2.75, 3.05) is 19.0 Å². The van der Waals surface area contributed by atoms with Gasteiger partial charge in [0.15, 0.2) is 0 Å². The largest absolute Gasteiger partial charge is 0.497 e. The van der Waals surface area contributed by atoms with Gasteiger partial charge >= 0.3 is 0 Å². The number of methoxy groups -OCH3 is 1.